The molecule has 0 aliphatic rings. The molecule has 0 aliphatic heterocycles. The molecule has 0 fully saturated rings. The molecule has 0 aromatic heterocycles. The number of ether oxygens (including phenoxy) is 2. The smallest absolute Gasteiger partial charge is 0.193 e. The average Bonchev–Trinajstić information content (AvgIpc) is 2.61. The molecule has 0 radical (unpaired) electrons. The van der Waals surface area contributed by atoms with Crippen molar-refractivity contribution in [2.75, 3.05) is 34.4 Å². The monoisotopic (exact) mass is 333 g/mol. The van der Waals surface area contributed by atoms with Gasteiger partial charge in [-0.3, -0.25) is 4.99 Å². The number of rotatable bonds is 10. The number of guanidine groups is 1. The molecule has 1 rings (SSSR count). The fourth-order valence-electron chi connectivity index (χ4n) is 2.30. The van der Waals surface area contributed by atoms with E-state index in [1.165, 1.54) is 0 Å². The summed E-state index contributed by atoms with van der Waals surface area (Å²) in [6, 6.07) is 6.01. The molecule has 1 N–H and O–H groups in total. The summed E-state index contributed by atoms with van der Waals surface area (Å²) in [5.41, 5.74) is 1.12. The lowest BCUT2D eigenvalue weighted by Gasteiger charge is -2.22. The van der Waals surface area contributed by atoms with Crippen LogP contribution in [-0.4, -0.2) is 45.2 Å². The first kappa shape index (κ1) is 19.9. The van der Waals surface area contributed by atoms with Crippen LogP contribution in [0.3, 0.4) is 0 Å². The lowest BCUT2D eigenvalue weighted by atomic mass is 10.2. The Hall–Kier alpha value is -2.17. The molecule has 5 heteroatoms. The third-order valence-corrected chi connectivity index (χ3v) is 3.62. The number of hydrogen-bond acceptors (Lipinski definition) is 3. The highest BCUT2D eigenvalue weighted by Gasteiger charge is 2.08. The number of allylic oxidation sites excluding steroid dienone is 1. The van der Waals surface area contributed by atoms with E-state index in [-0.39, 0.29) is 0 Å². The minimum Gasteiger partial charge on any atom is -0.493 e. The molecular weight excluding hydrogens is 302 g/mol. The summed E-state index contributed by atoms with van der Waals surface area (Å²) in [6.07, 6.45) is 5.00. The van der Waals surface area contributed by atoms with E-state index in [9.17, 15) is 0 Å². The number of aliphatic imine (C=N–C) groups is 1. The van der Waals surface area contributed by atoms with Gasteiger partial charge in [-0.05, 0) is 37.0 Å². The third kappa shape index (κ3) is 6.52. The summed E-state index contributed by atoms with van der Waals surface area (Å²) in [7, 11) is 5.51. The molecule has 1 aromatic rings. The highest BCUT2D eigenvalue weighted by Crippen LogP contribution is 2.28. The minimum atomic E-state index is 0.683. The van der Waals surface area contributed by atoms with Gasteiger partial charge in [0.2, 0.25) is 0 Å². The predicted octanol–water partition coefficient (Wildman–Crippen LogP) is 3.46. The van der Waals surface area contributed by atoms with Gasteiger partial charge in [-0.2, -0.15) is 0 Å². The second-order valence-electron chi connectivity index (χ2n) is 5.59. The van der Waals surface area contributed by atoms with E-state index in [1.54, 1.807) is 14.2 Å². The highest BCUT2D eigenvalue weighted by atomic mass is 16.5. The zero-order valence-electron chi connectivity index (χ0n) is 15.5. The van der Waals surface area contributed by atoms with Gasteiger partial charge in [-0.15, -0.1) is 6.58 Å². The summed E-state index contributed by atoms with van der Waals surface area (Å²) in [5, 5.41) is 3.38. The van der Waals surface area contributed by atoms with Gasteiger partial charge >= 0.3 is 0 Å². The van der Waals surface area contributed by atoms with Crippen molar-refractivity contribution < 1.29 is 9.47 Å². The van der Waals surface area contributed by atoms with Crippen LogP contribution in [0.5, 0.6) is 11.5 Å². The Balaban J connectivity index is 2.63. The molecule has 24 heavy (non-hydrogen) atoms. The van der Waals surface area contributed by atoms with Crippen LogP contribution in [0.2, 0.25) is 0 Å². The SMILES string of the molecule is C=CCCCN(C)C(=NC)NCc1ccc(OCCC)c(OC)c1. The van der Waals surface area contributed by atoms with Gasteiger partial charge in [-0.25, -0.2) is 0 Å². The van der Waals surface area contributed by atoms with Crippen molar-refractivity contribution in [1.29, 1.82) is 0 Å². The highest BCUT2D eigenvalue weighted by molar-refractivity contribution is 5.79. The quantitative estimate of drug-likeness (QED) is 0.308. The van der Waals surface area contributed by atoms with E-state index >= 15 is 0 Å². The second-order valence-corrected chi connectivity index (χ2v) is 5.59. The van der Waals surface area contributed by atoms with Gasteiger partial charge in [0.25, 0.3) is 0 Å². The van der Waals surface area contributed by atoms with Crippen LogP contribution in [0.25, 0.3) is 0 Å². The number of hydrogen-bond donors (Lipinski definition) is 1. The first-order chi connectivity index (χ1) is 11.7. The van der Waals surface area contributed by atoms with Crippen LogP contribution in [0.4, 0.5) is 0 Å². The summed E-state index contributed by atoms with van der Waals surface area (Å²) >= 11 is 0. The molecule has 5 nitrogen and oxygen atoms in total. The van der Waals surface area contributed by atoms with Crippen molar-refractivity contribution in [1.82, 2.24) is 10.2 Å². The zero-order valence-corrected chi connectivity index (χ0v) is 15.5. The maximum Gasteiger partial charge on any atom is 0.193 e. The van der Waals surface area contributed by atoms with Gasteiger partial charge in [-0.1, -0.05) is 19.1 Å². The van der Waals surface area contributed by atoms with Crippen molar-refractivity contribution >= 4 is 5.96 Å². The number of unbranched alkanes of at least 4 members (excludes halogenated alkanes) is 1. The lowest BCUT2D eigenvalue weighted by molar-refractivity contribution is 0.294. The Labute approximate surface area is 146 Å². The lowest BCUT2D eigenvalue weighted by Crippen LogP contribution is -2.38. The summed E-state index contributed by atoms with van der Waals surface area (Å²) in [6.45, 7) is 8.16. The first-order valence-corrected chi connectivity index (χ1v) is 8.48. The topological polar surface area (TPSA) is 46.1 Å². The molecule has 0 saturated heterocycles. The Morgan fingerprint density at radius 2 is 2.17 bits per heavy atom. The Morgan fingerprint density at radius 3 is 2.79 bits per heavy atom. The standard InChI is InChI=1S/C19H31N3O2/c1-6-8-9-12-22(4)19(20-3)21-15-16-10-11-17(24-13-7-2)18(14-16)23-5/h6,10-11,14H,1,7-9,12-13,15H2,2-5H3,(H,20,21). The molecule has 0 unspecified atom stereocenters. The molecule has 0 spiro atoms. The van der Waals surface area contributed by atoms with Crippen molar-refractivity contribution in [3.8, 4) is 11.5 Å². The molecule has 0 saturated carbocycles. The second kappa shape index (κ2) is 11.4. The van der Waals surface area contributed by atoms with Gasteiger partial charge in [0.15, 0.2) is 17.5 Å². The Bertz CT molecular complexity index is 529. The molecule has 0 amide bonds. The Kier molecular flexibility index (Phi) is 9.42. The van der Waals surface area contributed by atoms with E-state index in [0.717, 1.165) is 48.8 Å². The largest absolute Gasteiger partial charge is 0.493 e. The maximum absolute atomic E-state index is 5.69. The van der Waals surface area contributed by atoms with Gasteiger partial charge < -0.3 is 19.7 Å². The normalized spacial score (nSPS) is 11.1. The fourth-order valence-corrected chi connectivity index (χ4v) is 2.30. The number of benzene rings is 1. The van der Waals surface area contributed by atoms with E-state index in [4.69, 9.17) is 9.47 Å². The van der Waals surface area contributed by atoms with E-state index in [0.29, 0.717) is 13.2 Å². The molecule has 0 aliphatic carbocycles. The van der Waals surface area contributed by atoms with Crippen molar-refractivity contribution in [3.63, 3.8) is 0 Å². The molecule has 0 bridgehead atoms. The van der Waals surface area contributed by atoms with E-state index < -0.39 is 0 Å². The maximum atomic E-state index is 5.69. The average molecular weight is 333 g/mol. The third-order valence-electron chi connectivity index (χ3n) is 3.62. The molecule has 134 valence electrons. The van der Waals surface area contributed by atoms with Crippen LogP contribution in [0.1, 0.15) is 31.7 Å². The van der Waals surface area contributed by atoms with Crippen LogP contribution in [0.15, 0.2) is 35.8 Å². The number of nitrogens with zero attached hydrogens (tertiary/aromatic N) is 2. The number of nitrogens with one attached hydrogen (secondary N) is 1. The van der Waals surface area contributed by atoms with Gasteiger partial charge in [0, 0.05) is 27.2 Å². The first-order valence-electron chi connectivity index (χ1n) is 8.48. The molecule has 0 atom stereocenters. The predicted molar refractivity (Wildman–Crippen MR) is 101 cm³/mol. The zero-order chi connectivity index (χ0) is 17.8. The van der Waals surface area contributed by atoms with Crippen LogP contribution in [0, 0.1) is 0 Å². The molecule has 1 aromatic carbocycles. The minimum absolute atomic E-state index is 0.683. The summed E-state index contributed by atoms with van der Waals surface area (Å²) in [4.78, 5) is 6.46. The van der Waals surface area contributed by atoms with Crippen LogP contribution in [-0.2, 0) is 6.54 Å². The summed E-state index contributed by atoms with van der Waals surface area (Å²) < 4.78 is 11.1. The van der Waals surface area contributed by atoms with Crippen molar-refractivity contribution in [3.05, 3.63) is 36.4 Å². The number of methoxy groups -OCH3 is 1. The fraction of sp³-hybridized carbons (Fsp3) is 0.526. The van der Waals surface area contributed by atoms with Crippen LogP contribution < -0.4 is 14.8 Å². The molecular formula is C19H31N3O2. The van der Waals surface area contributed by atoms with E-state index in [1.807, 2.05) is 31.3 Å². The van der Waals surface area contributed by atoms with Gasteiger partial charge in [0.05, 0.1) is 13.7 Å². The molecule has 0 heterocycles. The Morgan fingerprint density at radius 1 is 1.38 bits per heavy atom. The van der Waals surface area contributed by atoms with Crippen molar-refractivity contribution in [2.45, 2.75) is 32.7 Å². The van der Waals surface area contributed by atoms with Gasteiger partial charge in [0.1, 0.15) is 0 Å². The van der Waals surface area contributed by atoms with E-state index in [2.05, 4.69) is 28.7 Å². The van der Waals surface area contributed by atoms with Crippen molar-refractivity contribution in [2.24, 2.45) is 4.99 Å². The van der Waals surface area contributed by atoms with Crippen LogP contribution >= 0.6 is 0 Å². The summed E-state index contributed by atoms with van der Waals surface area (Å²) in [5.74, 6) is 2.43.